The van der Waals surface area contributed by atoms with E-state index in [9.17, 15) is 0 Å². The lowest BCUT2D eigenvalue weighted by Crippen LogP contribution is -2.12. The molecule has 0 radical (unpaired) electrons. The molecule has 2 rings (SSSR count). The van der Waals surface area contributed by atoms with Crippen molar-refractivity contribution in [1.82, 2.24) is 29.5 Å². The van der Waals surface area contributed by atoms with Crippen LogP contribution >= 0.6 is 0 Å². The molecular weight excluding hydrogens is 194 g/mol. The van der Waals surface area contributed by atoms with Gasteiger partial charge >= 0.3 is 0 Å². The summed E-state index contributed by atoms with van der Waals surface area (Å²) in [6.45, 7) is 4.63. The van der Waals surface area contributed by atoms with Gasteiger partial charge in [0.25, 0.3) is 0 Å². The van der Waals surface area contributed by atoms with Crippen LogP contribution in [0.5, 0.6) is 0 Å². The summed E-state index contributed by atoms with van der Waals surface area (Å²) in [5, 5.41) is 8.12. The molecule has 2 heterocycles. The number of nitrogens with zero attached hydrogens (tertiary/aromatic N) is 6. The van der Waals surface area contributed by atoms with Gasteiger partial charge in [-0.1, -0.05) is 0 Å². The van der Waals surface area contributed by atoms with E-state index in [4.69, 9.17) is 5.73 Å². The van der Waals surface area contributed by atoms with Gasteiger partial charge in [-0.3, -0.25) is 0 Å². The predicted molar refractivity (Wildman–Crippen MR) is 53.9 cm³/mol. The molecule has 0 aromatic carbocycles. The van der Waals surface area contributed by atoms with Crippen LogP contribution in [-0.2, 0) is 6.54 Å². The maximum atomic E-state index is 5.42. The fourth-order valence-electron chi connectivity index (χ4n) is 1.35. The molecule has 0 aliphatic heterocycles. The molecule has 0 bridgehead atoms. The third-order valence-corrected chi connectivity index (χ3v) is 1.99. The number of hydrogen-bond acceptors (Lipinski definition) is 5. The van der Waals surface area contributed by atoms with Gasteiger partial charge in [0.1, 0.15) is 25.0 Å². The van der Waals surface area contributed by atoms with E-state index in [0.717, 1.165) is 5.82 Å². The summed E-state index contributed by atoms with van der Waals surface area (Å²) in [7, 11) is 0. The van der Waals surface area contributed by atoms with E-state index in [2.05, 4.69) is 20.2 Å². The van der Waals surface area contributed by atoms with Gasteiger partial charge in [-0.25, -0.2) is 19.3 Å². The lowest BCUT2D eigenvalue weighted by atomic mass is 10.4. The second kappa shape index (κ2) is 3.68. The SMILES string of the molecule is CC(C)n1ncnc1Cn1cnc(N)n1. The van der Waals surface area contributed by atoms with Gasteiger partial charge in [0.15, 0.2) is 0 Å². The van der Waals surface area contributed by atoms with Crippen molar-refractivity contribution in [2.45, 2.75) is 26.4 Å². The molecule has 0 spiro atoms. The first kappa shape index (κ1) is 9.63. The van der Waals surface area contributed by atoms with Gasteiger partial charge in [-0.15, -0.1) is 5.10 Å². The Kier molecular flexibility index (Phi) is 2.36. The van der Waals surface area contributed by atoms with Crippen molar-refractivity contribution in [3.63, 3.8) is 0 Å². The molecule has 2 N–H and O–H groups in total. The Morgan fingerprint density at radius 3 is 2.80 bits per heavy atom. The van der Waals surface area contributed by atoms with Gasteiger partial charge in [0, 0.05) is 6.04 Å². The van der Waals surface area contributed by atoms with Crippen LogP contribution in [0.2, 0.25) is 0 Å². The number of nitrogens with two attached hydrogens (primary N) is 1. The molecular formula is C8H13N7. The molecule has 0 saturated carbocycles. The Labute approximate surface area is 86.9 Å². The van der Waals surface area contributed by atoms with Crippen molar-refractivity contribution in [1.29, 1.82) is 0 Å². The van der Waals surface area contributed by atoms with E-state index >= 15 is 0 Å². The number of hydrogen-bond donors (Lipinski definition) is 1. The van der Waals surface area contributed by atoms with E-state index in [0.29, 0.717) is 6.54 Å². The van der Waals surface area contributed by atoms with Crippen LogP contribution in [0.25, 0.3) is 0 Å². The van der Waals surface area contributed by atoms with Crippen LogP contribution in [-0.4, -0.2) is 29.5 Å². The minimum absolute atomic E-state index is 0.269. The third-order valence-electron chi connectivity index (χ3n) is 1.99. The zero-order valence-corrected chi connectivity index (χ0v) is 8.70. The lowest BCUT2D eigenvalue weighted by Gasteiger charge is -2.08. The van der Waals surface area contributed by atoms with Crippen LogP contribution < -0.4 is 5.73 Å². The maximum absolute atomic E-state index is 5.42. The van der Waals surface area contributed by atoms with E-state index in [1.807, 2.05) is 18.5 Å². The smallest absolute Gasteiger partial charge is 0.239 e. The highest BCUT2D eigenvalue weighted by Crippen LogP contribution is 2.06. The number of aromatic nitrogens is 6. The Balaban J connectivity index is 2.20. The zero-order valence-electron chi connectivity index (χ0n) is 8.70. The molecule has 2 aromatic rings. The van der Waals surface area contributed by atoms with Crippen LogP contribution in [0.15, 0.2) is 12.7 Å². The minimum atomic E-state index is 0.269. The van der Waals surface area contributed by atoms with Gasteiger partial charge in [-0.2, -0.15) is 5.10 Å². The highest BCUT2D eigenvalue weighted by atomic mass is 15.4. The molecule has 2 aromatic heterocycles. The topological polar surface area (TPSA) is 87.4 Å². The molecule has 0 atom stereocenters. The van der Waals surface area contributed by atoms with E-state index in [-0.39, 0.29) is 12.0 Å². The normalized spacial score (nSPS) is 11.1. The highest BCUT2D eigenvalue weighted by Gasteiger charge is 2.08. The van der Waals surface area contributed by atoms with Crippen LogP contribution in [0, 0.1) is 0 Å². The summed E-state index contributed by atoms with van der Waals surface area (Å²) < 4.78 is 3.48. The van der Waals surface area contributed by atoms with Crippen LogP contribution in [0.4, 0.5) is 5.95 Å². The monoisotopic (exact) mass is 207 g/mol. The molecule has 0 amide bonds. The fourth-order valence-corrected chi connectivity index (χ4v) is 1.35. The summed E-state index contributed by atoms with van der Waals surface area (Å²) in [5.41, 5.74) is 5.42. The van der Waals surface area contributed by atoms with Gasteiger partial charge in [-0.05, 0) is 13.8 Å². The summed E-state index contributed by atoms with van der Waals surface area (Å²) in [4.78, 5) is 8.01. The number of rotatable bonds is 3. The average molecular weight is 207 g/mol. The zero-order chi connectivity index (χ0) is 10.8. The summed E-state index contributed by atoms with van der Waals surface area (Å²) in [6, 6.07) is 0.281. The van der Waals surface area contributed by atoms with Crippen LogP contribution in [0.3, 0.4) is 0 Å². The van der Waals surface area contributed by atoms with Gasteiger partial charge in [0.2, 0.25) is 5.95 Å². The summed E-state index contributed by atoms with van der Waals surface area (Å²) in [6.07, 6.45) is 3.12. The molecule has 0 aliphatic carbocycles. The Morgan fingerprint density at radius 1 is 1.40 bits per heavy atom. The second-order valence-electron chi connectivity index (χ2n) is 3.51. The molecule has 15 heavy (non-hydrogen) atoms. The summed E-state index contributed by atoms with van der Waals surface area (Å²) >= 11 is 0. The molecule has 7 nitrogen and oxygen atoms in total. The fraction of sp³-hybridized carbons (Fsp3) is 0.500. The van der Waals surface area contributed by atoms with Crippen molar-refractivity contribution in [3.05, 3.63) is 18.5 Å². The third kappa shape index (κ3) is 1.95. The molecule has 0 aliphatic rings. The Hall–Kier alpha value is -1.92. The average Bonchev–Trinajstić information content (AvgIpc) is 2.75. The quantitative estimate of drug-likeness (QED) is 0.770. The van der Waals surface area contributed by atoms with E-state index < -0.39 is 0 Å². The molecule has 7 heteroatoms. The molecule has 0 saturated heterocycles. The maximum Gasteiger partial charge on any atom is 0.239 e. The first-order valence-electron chi connectivity index (χ1n) is 4.70. The standard InChI is InChI=1S/C8H13N7/c1-6(2)15-7(10-4-12-15)3-14-5-11-8(9)13-14/h4-6H,3H2,1-2H3,(H2,9,13). The van der Waals surface area contributed by atoms with E-state index in [1.54, 1.807) is 11.0 Å². The lowest BCUT2D eigenvalue weighted by molar-refractivity contribution is 0.488. The first-order chi connectivity index (χ1) is 7.16. The Morgan fingerprint density at radius 2 is 2.20 bits per heavy atom. The van der Waals surface area contributed by atoms with Crippen molar-refractivity contribution in [2.75, 3.05) is 5.73 Å². The van der Waals surface area contributed by atoms with Crippen molar-refractivity contribution >= 4 is 5.95 Å². The van der Waals surface area contributed by atoms with Crippen molar-refractivity contribution in [2.24, 2.45) is 0 Å². The molecule has 0 fully saturated rings. The Bertz CT molecular complexity index is 441. The first-order valence-corrected chi connectivity index (χ1v) is 4.70. The molecule has 0 unspecified atom stereocenters. The number of anilines is 1. The van der Waals surface area contributed by atoms with Gasteiger partial charge < -0.3 is 5.73 Å². The van der Waals surface area contributed by atoms with Gasteiger partial charge in [0.05, 0.1) is 0 Å². The van der Waals surface area contributed by atoms with Crippen LogP contribution in [0.1, 0.15) is 25.7 Å². The largest absolute Gasteiger partial charge is 0.367 e. The molecule has 80 valence electrons. The van der Waals surface area contributed by atoms with Crippen molar-refractivity contribution < 1.29 is 0 Å². The highest BCUT2D eigenvalue weighted by molar-refractivity contribution is 5.09. The van der Waals surface area contributed by atoms with E-state index in [1.165, 1.54) is 6.33 Å². The number of nitrogen functional groups attached to an aromatic ring is 1. The summed E-state index contributed by atoms with van der Waals surface area (Å²) in [5.74, 6) is 1.11. The van der Waals surface area contributed by atoms with Crippen molar-refractivity contribution in [3.8, 4) is 0 Å². The second-order valence-corrected chi connectivity index (χ2v) is 3.51. The minimum Gasteiger partial charge on any atom is -0.367 e. The predicted octanol–water partition coefficient (Wildman–Crippen LogP) is 0.0810.